The number of rotatable bonds is 8. The number of nitrogens with zero attached hydrogens (tertiary/aromatic N) is 1. The van der Waals surface area contributed by atoms with E-state index in [0.717, 1.165) is 25.3 Å². The predicted octanol–water partition coefficient (Wildman–Crippen LogP) is 2.56. The first-order valence-corrected chi connectivity index (χ1v) is 9.02. The lowest BCUT2D eigenvalue weighted by molar-refractivity contribution is -0.385. The van der Waals surface area contributed by atoms with E-state index in [0.29, 0.717) is 12.1 Å². The molecule has 9 nitrogen and oxygen atoms in total. The number of benzene rings is 2. The molecule has 0 heterocycles. The van der Waals surface area contributed by atoms with Gasteiger partial charge < -0.3 is 19.9 Å². The van der Waals surface area contributed by atoms with Crippen LogP contribution in [0.4, 0.5) is 18.9 Å². The maximum atomic E-state index is 12.7. The van der Waals surface area contributed by atoms with E-state index in [9.17, 15) is 38.0 Å². The zero-order valence-electron chi connectivity index (χ0n) is 16.9. The summed E-state index contributed by atoms with van der Waals surface area (Å²) in [5.41, 5.74) is -1.15. The molecule has 0 fully saturated rings. The first-order valence-electron chi connectivity index (χ1n) is 9.02. The molecule has 2 rings (SSSR count). The fourth-order valence-corrected chi connectivity index (χ4v) is 2.83. The van der Waals surface area contributed by atoms with Gasteiger partial charge >= 0.3 is 17.8 Å². The molecular weight excluding hydrogens is 437 g/mol. The lowest BCUT2D eigenvalue weighted by atomic mass is 10.0. The molecule has 0 aliphatic rings. The molecule has 0 aromatic heterocycles. The molecule has 0 unspecified atom stereocenters. The maximum absolute atomic E-state index is 12.7. The zero-order valence-corrected chi connectivity index (χ0v) is 16.9. The van der Waals surface area contributed by atoms with Gasteiger partial charge in [-0.25, -0.2) is 4.79 Å². The summed E-state index contributed by atoms with van der Waals surface area (Å²) in [4.78, 5) is 35.0. The van der Waals surface area contributed by atoms with Gasteiger partial charge in [-0.2, -0.15) is 13.2 Å². The van der Waals surface area contributed by atoms with E-state index in [-0.39, 0.29) is 29.0 Å². The Morgan fingerprint density at radius 1 is 1.16 bits per heavy atom. The second-order valence-corrected chi connectivity index (χ2v) is 6.57. The lowest BCUT2D eigenvalue weighted by Crippen LogP contribution is -2.45. The van der Waals surface area contributed by atoms with Crippen LogP contribution in [0.15, 0.2) is 42.5 Å². The number of amides is 1. The number of hydrogen-bond acceptors (Lipinski definition) is 7. The van der Waals surface area contributed by atoms with Gasteiger partial charge in [-0.15, -0.1) is 0 Å². The Balaban J connectivity index is 2.20. The number of nitro benzene ring substituents is 1. The summed E-state index contributed by atoms with van der Waals surface area (Å²) in [6.07, 6.45) is -6.67. The van der Waals surface area contributed by atoms with Crippen molar-refractivity contribution < 1.29 is 42.3 Å². The van der Waals surface area contributed by atoms with E-state index in [1.54, 1.807) is 0 Å². The van der Waals surface area contributed by atoms with Crippen LogP contribution < -0.4 is 10.1 Å². The molecule has 1 amide bonds. The number of aliphatic hydroxyl groups excluding tert-OH is 1. The van der Waals surface area contributed by atoms with E-state index in [4.69, 9.17) is 4.74 Å². The maximum Gasteiger partial charge on any atom is 0.416 e. The molecule has 172 valence electrons. The van der Waals surface area contributed by atoms with Crippen molar-refractivity contribution in [2.75, 3.05) is 14.2 Å². The number of carbonyl (C=O) groups excluding carboxylic acids is 2. The Labute approximate surface area is 179 Å². The molecule has 2 N–H and O–H groups in total. The second-order valence-electron chi connectivity index (χ2n) is 6.57. The quantitative estimate of drug-likeness (QED) is 0.355. The van der Waals surface area contributed by atoms with Crippen molar-refractivity contribution in [3.63, 3.8) is 0 Å². The summed E-state index contributed by atoms with van der Waals surface area (Å²) < 4.78 is 47.5. The molecule has 2 aromatic rings. The largest absolute Gasteiger partial charge is 0.490 e. The molecule has 32 heavy (non-hydrogen) atoms. The summed E-state index contributed by atoms with van der Waals surface area (Å²) in [5.74, 6) is -1.96. The van der Waals surface area contributed by atoms with Gasteiger partial charge in [0.25, 0.3) is 5.91 Å². The van der Waals surface area contributed by atoms with Crippen molar-refractivity contribution in [3.8, 4) is 5.75 Å². The minimum absolute atomic E-state index is 0.00451. The third kappa shape index (κ3) is 5.94. The highest BCUT2D eigenvalue weighted by Crippen LogP contribution is 2.30. The Hall–Kier alpha value is -3.67. The molecule has 0 saturated heterocycles. The van der Waals surface area contributed by atoms with Crippen LogP contribution in [0.1, 0.15) is 22.8 Å². The summed E-state index contributed by atoms with van der Waals surface area (Å²) >= 11 is 0. The van der Waals surface area contributed by atoms with Crippen LogP contribution in [-0.4, -0.2) is 42.2 Å². The van der Waals surface area contributed by atoms with Crippen molar-refractivity contribution in [2.45, 2.75) is 24.7 Å². The summed E-state index contributed by atoms with van der Waals surface area (Å²) in [5, 5.41) is 23.6. The molecule has 0 aliphatic heterocycles. The molecule has 2 atom stereocenters. The Kier molecular flexibility index (Phi) is 7.76. The third-order valence-corrected chi connectivity index (χ3v) is 4.48. The van der Waals surface area contributed by atoms with Crippen molar-refractivity contribution in [1.29, 1.82) is 0 Å². The highest BCUT2D eigenvalue weighted by atomic mass is 19.4. The minimum atomic E-state index is -4.58. The normalized spacial score (nSPS) is 13.1. The number of ether oxygens (including phenoxy) is 2. The second kappa shape index (κ2) is 10.1. The van der Waals surface area contributed by atoms with Crippen LogP contribution in [0, 0.1) is 10.1 Å². The van der Waals surface area contributed by atoms with E-state index < -0.39 is 40.7 Å². The summed E-state index contributed by atoms with van der Waals surface area (Å²) in [6, 6.07) is 5.89. The molecular formula is C20H19F3N2O7. The fourth-order valence-electron chi connectivity index (χ4n) is 2.83. The van der Waals surface area contributed by atoms with Crippen molar-refractivity contribution in [2.24, 2.45) is 0 Å². The third-order valence-electron chi connectivity index (χ3n) is 4.48. The number of alkyl halides is 3. The molecule has 0 bridgehead atoms. The first-order chi connectivity index (χ1) is 15.0. The molecule has 0 radical (unpaired) electrons. The molecule has 12 heteroatoms. The van der Waals surface area contributed by atoms with E-state index in [1.807, 2.05) is 0 Å². The highest BCUT2D eigenvalue weighted by molar-refractivity contribution is 5.87. The smallest absolute Gasteiger partial charge is 0.416 e. The SMILES string of the molecule is COC(=O)[C@@H](Cc1ccc(OC)c([N+](=O)[O-])c1)NC(=O)[C@H](O)c1ccc(C(F)(F)F)cc1. The summed E-state index contributed by atoms with van der Waals surface area (Å²) in [6.45, 7) is 0. The number of esters is 1. The monoisotopic (exact) mass is 456 g/mol. The Morgan fingerprint density at radius 3 is 2.28 bits per heavy atom. The topological polar surface area (TPSA) is 128 Å². The van der Waals surface area contributed by atoms with Gasteiger partial charge in [0.15, 0.2) is 11.9 Å². The van der Waals surface area contributed by atoms with E-state index in [2.05, 4.69) is 10.1 Å². The number of methoxy groups -OCH3 is 2. The van der Waals surface area contributed by atoms with E-state index in [1.165, 1.54) is 19.2 Å². The average molecular weight is 456 g/mol. The van der Waals surface area contributed by atoms with Crippen molar-refractivity contribution in [3.05, 3.63) is 69.3 Å². The number of aliphatic hydroxyl groups is 1. The lowest BCUT2D eigenvalue weighted by Gasteiger charge is -2.19. The molecule has 2 aromatic carbocycles. The van der Waals surface area contributed by atoms with Gasteiger partial charge in [-0.05, 0) is 29.3 Å². The average Bonchev–Trinajstić information content (AvgIpc) is 2.76. The standard InChI is InChI=1S/C20H19F3N2O7/c1-31-16-8-3-11(10-15(16)25(29)30)9-14(19(28)32-2)24-18(27)17(26)12-4-6-13(7-5-12)20(21,22)23/h3-8,10,14,17,26H,9H2,1-2H3,(H,24,27)/t14-,17-/m1/s1. The van der Waals surface area contributed by atoms with Gasteiger partial charge in [-0.1, -0.05) is 18.2 Å². The van der Waals surface area contributed by atoms with Crippen LogP contribution in [-0.2, 0) is 26.9 Å². The Morgan fingerprint density at radius 2 is 1.78 bits per heavy atom. The minimum Gasteiger partial charge on any atom is -0.490 e. The van der Waals surface area contributed by atoms with Crippen LogP contribution in [0.5, 0.6) is 5.75 Å². The van der Waals surface area contributed by atoms with Crippen molar-refractivity contribution >= 4 is 17.6 Å². The molecule has 0 spiro atoms. The molecule has 0 aliphatic carbocycles. The van der Waals surface area contributed by atoms with Gasteiger partial charge in [0.1, 0.15) is 6.04 Å². The van der Waals surface area contributed by atoms with Crippen LogP contribution in [0.25, 0.3) is 0 Å². The van der Waals surface area contributed by atoms with Gasteiger partial charge in [0.05, 0.1) is 24.7 Å². The van der Waals surface area contributed by atoms with Crippen LogP contribution >= 0.6 is 0 Å². The van der Waals surface area contributed by atoms with Gasteiger partial charge in [0.2, 0.25) is 0 Å². The Bertz CT molecular complexity index is 994. The number of hydrogen-bond donors (Lipinski definition) is 2. The summed E-state index contributed by atoms with van der Waals surface area (Å²) in [7, 11) is 2.31. The predicted molar refractivity (Wildman–Crippen MR) is 104 cm³/mol. The zero-order chi connectivity index (χ0) is 24.1. The van der Waals surface area contributed by atoms with Crippen molar-refractivity contribution in [1.82, 2.24) is 5.32 Å². The van der Waals surface area contributed by atoms with Crippen LogP contribution in [0.2, 0.25) is 0 Å². The highest BCUT2D eigenvalue weighted by Gasteiger charge is 2.31. The number of nitro groups is 1. The number of halogens is 3. The number of nitrogens with one attached hydrogen (secondary N) is 1. The van der Waals surface area contributed by atoms with E-state index >= 15 is 0 Å². The van der Waals surface area contributed by atoms with Crippen LogP contribution in [0.3, 0.4) is 0 Å². The van der Waals surface area contributed by atoms with Gasteiger partial charge in [-0.3, -0.25) is 14.9 Å². The first kappa shape index (κ1) is 24.6. The molecule has 0 saturated carbocycles. The number of carbonyl (C=O) groups is 2. The van der Waals surface area contributed by atoms with Gasteiger partial charge in [0, 0.05) is 12.5 Å². The fraction of sp³-hybridized carbons (Fsp3) is 0.300.